The summed E-state index contributed by atoms with van der Waals surface area (Å²) < 4.78 is 5.35. The Morgan fingerprint density at radius 1 is 1.13 bits per heavy atom. The normalized spacial score (nSPS) is 11.5. The molecule has 0 aliphatic carbocycles. The van der Waals surface area contributed by atoms with Gasteiger partial charge >= 0.3 is 0 Å². The summed E-state index contributed by atoms with van der Waals surface area (Å²) in [6.45, 7) is 6.76. The quantitative estimate of drug-likeness (QED) is 0.444. The van der Waals surface area contributed by atoms with Gasteiger partial charge in [0.15, 0.2) is 11.5 Å². The molecule has 156 valence electrons. The van der Waals surface area contributed by atoms with Crippen LogP contribution >= 0.6 is 11.6 Å². The van der Waals surface area contributed by atoms with Crippen molar-refractivity contribution >= 4 is 23.1 Å². The van der Waals surface area contributed by atoms with Gasteiger partial charge in [-0.1, -0.05) is 72.1 Å². The number of amides is 1. The highest BCUT2D eigenvalue weighted by molar-refractivity contribution is 6.30. The molecule has 0 bridgehead atoms. The van der Waals surface area contributed by atoms with E-state index in [9.17, 15) is 4.79 Å². The van der Waals surface area contributed by atoms with E-state index in [1.807, 2.05) is 49.4 Å². The van der Waals surface area contributed by atoms with Crippen LogP contribution in [0.25, 0.3) is 16.9 Å². The van der Waals surface area contributed by atoms with E-state index in [-0.39, 0.29) is 11.6 Å². The van der Waals surface area contributed by atoms with Crippen molar-refractivity contribution in [3.8, 4) is 11.3 Å². The topological polar surface area (TPSA) is 55.1 Å². The summed E-state index contributed by atoms with van der Waals surface area (Å²) in [5.74, 6) is 0.341. The number of nitrogens with one attached hydrogen (secondary N) is 1. The van der Waals surface area contributed by atoms with Crippen molar-refractivity contribution in [1.29, 1.82) is 0 Å². The molecule has 1 aromatic heterocycles. The second-order valence-corrected chi connectivity index (χ2v) is 7.86. The van der Waals surface area contributed by atoms with Crippen LogP contribution in [0.1, 0.15) is 53.4 Å². The van der Waals surface area contributed by atoms with Gasteiger partial charge in [-0.05, 0) is 55.5 Å². The average Bonchev–Trinajstić information content (AvgIpc) is 3.23. The molecule has 0 spiro atoms. The SMILES string of the molecule is CCCC=C(CCNC(=O)c1cc(-c2ccc(C)cc2)on1)c1cc(Cl)ccc1C. The maximum absolute atomic E-state index is 12.5. The molecular weight excluding hydrogens is 396 g/mol. The molecule has 1 amide bonds. The third-order valence-electron chi connectivity index (χ3n) is 4.98. The highest BCUT2D eigenvalue weighted by atomic mass is 35.5. The van der Waals surface area contributed by atoms with Gasteiger partial charge in [0.25, 0.3) is 5.91 Å². The third-order valence-corrected chi connectivity index (χ3v) is 5.22. The predicted octanol–water partition coefficient (Wildman–Crippen LogP) is 6.62. The molecule has 3 aromatic rings. The van der Waals surface area contributed by atoms with Crippen LogP contribution in [-0.2, 0) is 0 Å². The van der Waals surface area contributed by atoms with Crippen LogP contribution < -0.4 is 5.32 Å². The molecule has 0 aliphatic rings. The Hall–Kier alpha value is -2.85. The summed E-state index contributed by atoms with van der Waals surface area (Å²) >= 11 is 6.21. The van der Waals surface area contributed by atoms with E-state index in [0.717, 1.165) is 36.0 Å². The van der Waals surface area contributed by atoms with E-state index in [1.165, 1.54) is 11.1 Å². The van der Waals surface area contributed by atoms with Crippen molar-refractivity contribution in [2.24, 2.45) is 0 Å². The van der Waals surface area contributed by atoms with E-state index in [4.69, 9.17) is 16.1 Å². The van der Waals surface area contributed by atoms with Crippen molar-refractivity contribution in [2.45, 2.75) is 40.0 Å². The maximum atomic E-state index is 12.5. The molecule has 3 rings (SSSR count). The number of halogens is 1. The molecule has 4 nitrogen and oxygen atoms in total. The minimum atomic E-state index is -0.241. The van der Waals surface area contributed by atoms with E-state index < -0.39 is 0 Å². The molecule has 0 atom stereocenters. The second kappa shape index (κ2) is 10.3. The summed E-state index contributed by atoms with van der Waals surface area (Å²) in [4.78, 5) is 12.5. The zero-order valence-corrected chi connectivity index (χ0v) is 18.4. The number of allylic oxidation sites excluding steroid dienone is 1. The van der Waals surface area contributed by atoms with Crippen LogP contribution in [0.15, 0.2) is 59.1 Å². The van der Waals surface area contributed by atoms with E-state index >= 15 is 0 Å². The molecule has 0 fully saturated rings. The molecule has 30 heavy (non-hydrogen) atoms. The van der Waals surface area contributed by atoms with Crippen molar-refractivity contribution in [1.82, 2.24) is 10.5 Å². The summed E-state index contributed by atoms with van der Waals surface area (Å²) in [5, 5.41) is 7.59. The minimum absolute atomic E-state index is 0.241. The Morgan fingerprint density at radius 2 is 1.90 bits per heavy atom. The number of nitrogens with zero attached hydrogens (tertiary/aromatic N) is 1. The number of aryl methyl sites for hydroxylation is 2. The number of carbonyl (C=O) groups excluding carboxylic acids is 1. The predicted molar refractivity (Wildman–Crippen MR) is 123 cm³/mol. The van der Waals surface area contributed by atoms with Gasteiger partial charge in [0.1, 0.15) is 0 Å². The average molecular weight is 423 g/mol. The standard InChI is InChI=1S/C25H27ClN2O2/c1-4-5-6-19(22-15-21(26)12-9-18(22)3)13-14-27-25(29)23-16-24(30-28-23)20-10-7-17(2)8-11-20/h6-12,15-16H,4-5,13-14H2,1-3H3,(H,27,29). The Kier molecular flexibility index (Phi) is 7.47. The molecule has 0 radical (unpaired) electrons. The van der Waals surface area contributed by atoms with Crippen LogP contribution in [0, 0.1) is 13.8 Å². The Balaban J connectivity index is 1.64. The summed E-state index contributed by atoms with van der Waals surface area (Å²) in [6.07, 6.45) is 5.00. The molecule has 1 N–H and O–H groups in total. The number of rotatable bonds is 8. The first kappa shape index (κ1) is 21.8. The number of unbranched alkanes of at least 4 members (excludes halogenated alkanes) is 1. The molecule has 1 heterocycles. The lowest BCUT2D eigenvalue weighted by molar-refractivity contribution is 0.0945. The Labute approximate surface area is 182 Å². The lowest BCUT2D eigenvalue weighted by atomic mass is 9.96. The Bertz CT molecular complexity index is 1040. The fourth-order valence-electron chi connectivity index (χ4n) is 3.24. The lowest BCUT2D eigenvalue weighted by Crippen LogP contribution is -2.24. The van der Waals surface area contributed by atoms with Crippen LogP contribution in [0.5, 0.6) is 0 Å². The zero-order valence-electron chi connectivity index (χ0n) is 17.7. The van der Waals surface area contributed by atoms with E-state index in [0.29, 0.717) is 17.3 Å². The molecule has 5 heteroatoms. The molecule has 2 aromatic carbocycles. The molecule has 0 aliphatic heterocycles. The van der Waals surface area contributed by atoms with E-state index in [1.54, 1.807) is 6.07 Å². The van der Waals surface area contributed by atoms with Crippen LogP contribution in [0.2, 0.25) is 5.02 Å². The minimum Gasteiger partial charge on any atom is -0.355 e. The van der Waals surface area contributed by atoms with E-state index in [2.05, 4.69) is 30.4 Å². The molecule has 0 saturated carbocycles. The fraction of sp³-hybridized carbons (Fsp3) is 0.280. The zero-order chi connectivity index (χ0) is 21.5. The van der Waals surface area contributed by atoms with Crippen LogP contribution in [-0.4, -0.2) is 17.6 Å². The molecule has 0 unspecified atom stereocenters. The van der Waals surface area contributed by atoms with Crippen LogP contribution in [0.4, 0.5) is 0 Å². The summed E-state index contributed by atoms with van der Waals surface area (Å²) in [5.41, 5.74) is 5.84. The first-order valence-corrected chi connectivity index (χ1v) is 10.6. The largest absolute Gasteiger partial charge is 0.355 e. The first-order chi connectivity index (χ1) is 14.5. The number of carbonyl (C=O) groups is 1. The highest BCUT2D eigenvalue weighted by Crippen LogP contribution is 2.26. The van der Waals surface area contributed by atoms with Crippen LogP contribution in [0.3, 0.4) is 0 Å². The monoisotopic (exact) mass is 422 g/mol. The van der Waals surface area contributed by atoms with Gasteiger partial charge in [-0.25, -0.2) is 0 Å². The number of hydrogen-bond acceptors (Lipinski definition) is 3. The smallest absolute Gasteiger partial charge is 0.273 e. The Morgan fingerprint density at radius 3 is 2.63 bits per heavy atom. The lowest BCUT2D eigenvalue weighted by Gasteiger charge is -2.12. The first-order valence-electron chi connectivity index (χ1n) is 10.3. The molecular formula is C25H27ClN2O2. The maximum Gasteiger partial charge on any atom is 0.273 e. The van der Waals surface area contributed by atoms with Gasteiger partial charge in [-0.3, -0.25) is 4.79 Å². The third kappa shape index (κ3) is 5.61. The number of hydrogen-bond donors (Lipinski definition) is 1. The number of benzene rings is 2. The number of aromatic nitrogens is 1. The van der Waals surface area contributed by atoms with Crippen molar-refractivity contribution < 1.29 is 9.32 Å². The van der Waals surface area contributed by atoms with Gasteiger partial charge in [-0.2, -0.15) is 0 Å². The van der Waals surface area contributed by atoms with Gasteiger partial charge in [-0.15, -0.1) is 0 Å². The van der Waals surface area contributed by atoms with Crippen molar-refractivity contribution in [3.63, 3.8) is 0 Å². The van der Waals surface area contributed by atoms with Gasteiger partial charge in [0.2, 0.25) is 0 Å². The van der Waals surface area contributed by atoms with Gasteiger partial charge in [0.05, 0.1) is 0 Å². The van der Waals surface area contributed by atoms with Crippen molar-refractivity contribution in [2.75, 3.05) is 6.54 Å². The van der Waals surface area contributed by atoms with Crippen molar-refractivity contribution in [3.05, 3.63) is 82.0 Å². The summed E-state index contributed by atoms with van der Waals surface area (Å²) in [6, 6.07) is 15.5. The summed E-state index contributed by atoms with van der Waals surface area (Å²) in [7, 11) is 0. The second-order valence-electron chi connectivity index (χ2n) is 7.43. The molecule has 0 saturated heterocycles. The fourth-order valence-corrected chi connectivity index (χ4v) is 3.41. The van der Waals surface area contributed by atoms with Gasteiger partial charge in [0, 0.05) is 23.2 Å². The highest BCUT2D eigenvalue weighted by Gasteiger charge is 2.14. The van der Waals surface area contributed by atoms with Gasteiger partial charge < -0.3 is 9.84 Å².